The van der Waals surface area contributed by atoms with Crippen LogP contribution in [0.3, 0.4) is 0 Å². The molecule has 1 heterocycles. The molecule has 2 aromatic rings. The van der Waals surface area contributed by atoms with Crippen molar-refractivity contribution in [1.29, 1.82) is 0 Å². The van der Waals surface area contributed by atoms with Crippen LogP contribution in [0.4, 0.5) is 17.1 Å². The van der Waals surface area contributed by atoms with Crippen LogP contribution in [-0.2, 0) is 9.59 Å². The number of carbonyl (C=O) groups is 2. The number of nitrogens with one attached hydrogen (secondary N) is 2. The Balaban J connectivity index is 1.59. The van der Waals surface area contributed by atoms with Crippen LogP contribution in [0.2, 0.25) is 5.02 Å². The lowest BCUT2D eigenvalue weighted by Crippen LogP contribution is -2.24. The van der Waals surface area contributed by atoms with Gasteiger partial charge in [-0.3, -0.25) is 9.59 Å². The summed E-state index contributed by atoms with van der Waals surface area (Å²) in [5, 5.41) is 6.23. The van der Waals surface area contributed by atoms with Crippen LogP contribution in [-0.4, -0.2) is 39.1 Å². The lowest BCUT2D eigenvalue weighted by Gasteiger charge is -2.16. The fourth-order valence-corrected chi connectivity index (χ4v) is 3.25. The highest BCUT2D eigenvalue weighted by Gasteiger charge is 2.21. The Kier molecular flexibility index (Phi) is 6.26. The first-order chi connectivity index (χ1) is 13.5. The van der Waals surface area contributed by atoms with Crippen LogP contribution in [0, 0.1) is 0 Å². The third-order valence-corrected chi connectivity index (χ3v) is 4.75. The van der Waals surface area contributed by atoms with Crippen LogP contribution in [0.15, 0.2) is 36.4 Å². The van der Waals surface area contributed by atoms with Crippen molar-refractivity contribution in [3.8, 4) is 11.5 Å². The van der Waals surface area contributed by atoms with Gasteiger partial charge in [0.15, 0.2) is 0 Å². The van der Waals surface area contributed by atoms with Crippen molar-refractivity contribution in [2.45, 2.75) is 12.8 Å². The molecule has 1 fully saturated rings. The maximum atomic E-state index is 12.3. The predicted octanol–water partition coefficient (Wildman–Crippen LogP) is 3.53. The Hall–Kier alpha value is -2.93. The van der Waals surface area contributed by atoms with Gasteiger partial charge in [-0.15, -0.1) is 0 Å². The Morgan fingerprint density at radius 2 is 1.86 bits per heavy atom. The predicted molar refractivity (Wildman–Crippen MR) is 110 cm³/mol. The van der Waals surface area contributed by atoms with Gasteiger partial charge in [0.25, 0.3) is 0 Å². The van der Waals surface area contributed by atoms with E-state index >= 15 is 0 Å². The van der Waals surface area contributed by atoms with Gasteiger partial charge in [0.05, 0.1) is 31.5 Å². The van der Waals surface area contributed by atoms with Gasteiger partial charge in [0.2, 0.25) is 11.8 Å². The number of anilines is 3. The molecule has 148 valence electrons. The van der Waals surface area contributed by atoms with Crippen LogP contribution in [0.5, 0.6) is 11.5 Å². The molecule has 0 aromatic heterocycles. The minimum Gasteiger partial charge on any atom is -0.495 e. The maximum Gasteiger partial charge on any atom is 0.243 e. The molecule has 0 bridgehead atoms. The fraction of sp³-hybridized carbons (Fsp3) is 0.300. The van der Waals surface area contributed by atoms with E-state index in [0.29, 0.717) is 28.6 Å². The molecule has 0 unspecified atom stereocenters. The average molecular weight is 404 g/mol. The normalized spacial score (nSPS) is 13.4. The first-order valence-electron chi connectivity index (χ1n) is 8.87. The molecule has 0 aliphatic carbocycles. The zero-order valence-electron chi connectivity index (χ0n) is 15.8. The third-order valence-electron chi connectivity index (χ3n) is 4.45. The van der Waals surface area contributed by atoms with Crippen molar-refractivity contribution in [3.63, 3.8) is 0 Å². The molecule has 0 radical (unpaired) electrons. The second-order valence-electron chi connectivity index (χ2n) is 6.28. The zero-order valence-corrected chi connectivity index (χ0v) is 16.5. The Morgan fingerprint density at radius 3 is 2.46 bits per heavy atom. The summed E-state index contributed by atoms with van der Waals surface area (Å²) in [4.78, 5) is 25.9. The van der Waals surface area contributed by atoms with Gasteiger partial charge in [-0.2, -0.15) is 0 Å². The molecule has 0 atom stereocenters. The van der Waals surface area contributed by atoms with Crippen LogP contribution >= 0.6 is 11.6 Å². The van der Waals surface area contributed by atoms with Crippen molar-refractivity contribution < 1.29 is 19.1 Å². The van der Waals surface area contributed by atoms with Crippen LogP contribution in [0.1, 0.15) is 12.8 Å². The summed E-state index contributed by atoms with van der Waals surface area (Å²) >= 11 is 6.07. The average Bonchev–Trinajstić information content (AvgIpc) is 3.13. The molecule has 2 N–H and O–H groups in total. The SMILES string of the molecule is COc1cc(NC(=O)CNc2ccc(N3CCCC3=O)cc2)c(OC)cc1Cl. The van der Waals surface area contributed by atoms with Gasteiger partial charge in [-0.25, -0.2) is 0 Å². The van der Waals surface area contributed by atoms with E-state index in [2.05, 4.69) is 10.6 Å². The first-order valence-corrected chi connectivity index (χ1v) is 9.25. The monoisotopic (exact) mass is 403 g/mol. The van der Waals surface area contributed by atoms with Gasteiger partial charge >= 0.3 is 0 Å². The highest BCUT2D eigenvalue weighted by molar-refractivity contribution is 6.32. The molecular weight excluding hydrogens is 382 g/mol. The number of nitrogens with zero attached hydrogens (tertiary/aromatic N) is 1. The molecule has 3 rings (SSSR count). The summed E-state index contributed by atoms with van der Waals surface area (Å²) in [5.41, 5.74) is 2.13. The first kappa shape index (κ1) is 19.8. The molecule has 0 saturated carbocycles. The van der Waals surface area contributed by atoms with Gasteiger partial charge < -0.3 is 25.0 Å². The number of benzene rings is 2. The Morgan fingerprint density at radius 1 is 1.14 bits per heavy atom. The largest absolute Gasteiger partial charge is 0.495 e. The number of hydrogen-bond donors (Lipinski definition) is 2. The summed E-state index contributed by atoms with van der Waals surface area (Å²) in [7, 11) is 3.00. The summed E-state index contributed by atoms with van der Waals surface area (Å²) in [5.74, 6) is 0.783. The lowest BCUT2D eigenvalue weighted by molar-refractivity contribution is -0.117. The summed E-state index contributed by atoms with van der Waals surface area (Å²) in [6.07, 6.45) is 1.48. The molecule has 1 aliphatic heterocycles. The minimum absolute atomic E-state index is 0.0656. The number of hydrogen-bond acceptors (Lipinski definition) is 5. The van der Waals surface area contributed by atoms with E-state index in [9.17, 15) is 9.59 Å². The number of carbonyl (C=O) groups excluding carboxylic acids is 2. The number of rotatable bonds is 7. The molecule has 8 heteroatoms. The quantitative estimate of drug-likeness (QED) is 0.739. The number of methoxy groups -OCH3 is 2. The topological polar surface area (TPSA) is 79.9 Å². The highest BCUT2D eigenvalue weighted by atomic mass is 35.5. The highest BCUT2D eigenvalue weighted by Crippen LogP contribution is 2.35. The van der Waals surface area contributed by atoms with E-state index in [1.165, 1.54) is 14.2 Å². The second-order valence-corrected chi connectivity index (χ2v) is 6.69. The zero-order chi connectivity index (χ0) is 20.1. The Bertz CT molecular complexity index is 870. The van der Waals surface area contributed by atoms with Crippen LogP contribution < -0.4 is 25.0 Å². The van der Waals surface area contributed by atoms with E-state index in [0.717, 1.165) is 24.3 Å². The van der Waals surface area contributed by atoms with Gasteiger partial charge in [0.1, 0.15) is 11.5 Å². The minimum atomic E-state index is -0.249. The number of halogens is 1. The van der Waals surface area contributed by atoms with E-state index in [1.54, 1.807) is 17.0 Å². The third kappa shape index (κ3) is 4.48. The molecule has 28 heavy (non-hydrogen) atoms. The molecule has 1 aliphatic rings. The summed E-state index contributed by atoms with van der Waals surface area (Å²) in [6.45, 7) is 0.816. The van der Waals surface area contributed by atoms with E-state index < -0.39 is 0 Å². The Labute approximate surface area is 168 Å². The standard InChI is InChI=1S/C20H22ClN3O4/c1-27-17-11-16(18(28-2)10-15(17)21)23-19(25)12-22-13-5-7-14(8-6-13)24-9-3-4-20(24)26/h5-8,10-11,22H,3-4,9,12H2,1-2H3,(H,23,25). The van der Waals surface area contributed by atoms with Gasteiger partial charge in [-0.05, 0) is 30.7 Å². The molecule has 0 spiro atoms. The van der Waals surface area contributed by atoms with Crippen molar-refractivity contribution in [3.05, 3.63) is 41.4 Å². The molecule has 2 aromatic carbocycles. The van der Waals surface area contributed by atoms with Gasteiger partial charge in [-0.1, -0.05) is 11.6 Å². The van der Waals surface area contributed by atoms with E-state index in [-0.39, 0.29) is 18.4 Å². The van der Waals surface area contributed by atoms with E-state index in [1.807, 2.05) is 24.3 Å². The summed E-state index contributed by atoms with van der Waals surface area (Å²) < 4.78 is 10.4. The number of amides is 2. The maximum absolute atomic E-state index is 12.3. The van der Waals surface area contributed by atoms with Crippen LogP contribution in [0.25, 0.3) is 0 Å². The fourth-order valence-electron chi connectivity index (χ4n) is 3.02. The smallest absolute Gasteiger partial charge is 0.243 e. The van der Waals surface area contributed by atoms with Gasteiger partial charge in [0, 0.05) is 36.5 Å². The molecule has 2 amide bonds. The van der Waals surface area contributed by atoms with Crippen molar-refractivity contribution in [2.24, 2.45) is 0 Å². The van der Waals surface area contributed by atoms with E-state index in [4.69, 9.17) is 21.1 Å². The lowest BCUT2D eigenvalue weighted by atomic mass is 10.2. The van der Waals surface area contributed by atoms with Crippen molar-refractivity contribution >= 4 is 40.5 Å². The second kappa shape index (κ2) is 8.84. The number of ether oxygens (including phenoxy) is 2. The van der Waals surface area contributed by atoms with Crippen molar-refractivity contribution in [1.82, 2.24) is 0 Å². The molecular formula is C20H22ClN3O4. The molecule has 1 saturated heterocycles. The molecule has 7 nitrogen and oxygen atoms in total. The van der Waals surface area contributed by atoms with Crippen molar-refractivity contribution in [2.75, 3.05) is 42.8 Å². The summed E-state index contributed by atoms with van der Waals surface area (Å²) in [6, 6.07) is 10.6.